The van der Waals surface area contributed by atoms with Crippen LogP contribution in [0.4, 0.5) is 0 Å². The Balaban J connectivity index is -0.00000000889. The van der Waals surface area contributed by atoms with Crippen LogP contribution in [0.25, 0.3) is 0 Å². The Morgan fingerprint density at radius 2 is 0.778 bits per heavy atom. The number of rotatable bonds is 0. The molecule has 0 atom stereocenters. The Labute approximate surface area is 114 Å². The predicted molar refractivity (Wildman–Crippen MR) is 30.7 cm³/mol. The van der Waals surface area contributed by atoms with Crippen LogP contribution in [0.5, 0.6) is 0 Å². The van der Waals surface area contributed by atoms with Crippen LogP contribution in [0, 0.1) is 27.7 Å². The first-order valence-electron chi connectivity index (χ1n) is 2.00. The molecule has 0 aromatic carbocycles. The fourth-order valence-electron chi connectivity index (χ4n) is 0. The standard InChI is InChI=1S/2C3H6.Pt.W.Y/c2*1-3-2;;;/h2*1-3H2;;;/q2*-2;+2;;. The summed E-state index contributed by atoms with van der Waals surface area (Å²) >= 11 is 0. The van der Waals surface area contributed by atoms with Crippen molar-refractivity contribution in [3.8, 4) is 0 Å². The summed E-state index contributed by atoms with van der Waals surface area (Å²) in [6.45, 7) is 13.5. The molecule has 0 unspecified atom stereocenters. The van der Waals surface area contributed by atoms with E-state index in [1.807, 2.05) is 0 Å². The summed E-state index contributed by atoms with van der Waals surface area (Å²) in [4.78, 5) is 0. The Morgan fingerprint density at radius 1 is 0.778 bits per heavy atom. The second kappa shape index (κ2) is 46.9. The first-order chi connectivity index (χ1) is 2.83. The van der Waals surface area contributed by atoms with Gasteiger partial charge in [0.05, 0.1) is 0 Å². The van der Waals surface area contributed by atoms with Gasteiger partial charge in [-0.15, -0.1) is 0 Å². The molecule has 9 heavy (non-hydrogen) atoms. The monoisotopic (exact) mass is 552 g/mol. The van der Waals surface area contributed by atoms with Crippen molar-refractivity contribution in [2.24, 2.45) is 0 Å². The third-order valence-electron chi connectivity index (χ3n) is 0. The van der Waals surface area contributed by atoms with Crippen LogP contribution in [-0.2, 0) is 74.8 Å². The fourth-order valence-corrected chi connectivity index (χ4v) is 0. The van der Waals surface area contributed by atoms with Crippen LogP contribution in [0.15, 0.2) is 0 Å². The summed E-state index contributed by atoms with van der Waals surface area (Å²) < 4.78 is 0. The molecule has 0 aliphatic rings. The molecule has 0 nitrogen and oxygen atoms in total. The van der Waals surface area contributed by atoms with E-state index in [0.29, 0.717) is 0 Å². The molecule has 0 fully saturated rings. The van der Waals surface area contributed by atoms with E-state index >= 15 is 0 Å². The molecule has 0 spiro atoms. The molecule has 0 heterocycles. The molecule has 0 aliphatic heterocycles. The average Bonchev–Trinajstić information content (AvgIpc) is 1.39. The van der Waals surface area contributed by atoms with Gasteiger partial charge >= 0.3 is 21.1 Å². The minimum absolute atomic E-state index is 0. The summed E-state index contributed by atoms with van der Waals surface area (Å²) in [6.07, 6.45) is 1.50. The molecule has 0 N–H and O–H groups in total. The zero-order valence-corrected chi connectivity index (χ0v) is 13.6. The fraction of sp³-hybridized carbons (Fsp3) is 0.333. The van der Waals surface area contributed by atoms with Crippen molar-refractivity contribution in [2.75, 3.05) is 0 Å². The van der Waals surface area contributed by atoms with Crippen molar-refractivity contribution in [2.45, 2.75) is 12.8 Å². The van der Waals surface area contributed by atoms with Gasteiger partial charge in [-0.2, -0.15) is 0 Å². The summed E-state index contributed by atoms with van der Waals surface area (Å²) in [5.74, 6) is 0. The predicted octanol–water partition coefficient (Wildman–Crippen LogP) is 2.08. The van der Waals surface area contributed by atoms with Gasteiger partial charge in [0.15, 0.2) is 0 Å². The molecular formula is C6H12PtWY-2. The molecule has 3 heteroatoms. The second-order valence-electron chi connectivity index (χ2n) is 0.707. The second-order valence-corrected chi connectivity index (χ2v) is 0.707. The molecule has 0 aromatic rings. The van der Waals surface area contributed by atoms with Gasteiger partial charge in [0.1, 0.15) is 0 Å². The van der Waals surface area contributed by atoms with Gasteiger partial charge in [-0.05, 0) is 0 Å². The van der Waals surface area contributed by atoms with Crippen LogP contribution in [0.3, 0.4) is 0 Å². The van der Waals surface area contributed by atoms with Crippen molar-refractivity contribution in [3.05, 3.63) is 27.7 Å². The van der Waals surface area contributed by atoms with Gasteiger partial charge < -0.3 is 40.5 Å². The number of hydrogen-bond acceptors (Lipinski definition) is 0. The van der Waals surface area contributed by atoms with Crippen molar-refractivity contribution in [1.82, 2.24) is 0 Å². The van der Waals surface area contributed by atoms with E-state index in [-0.39, 0.29) is 74.8 Å². The molecule has 0 amide bonds. The van der Waals surface area contributed by atoms with E-state index in [2.05, 4.69) is 27.7 Å². The SMILES string of the molecule is [CH2-]C[CH2-].[CH2-]C[CH2-].[Pt+2].[W].[Y]. The molecule has 1 radical (unpaired) electrons. The van der Waals surface area contributed by atoms with Crippen molar-refractivity contribution in [3.63, 3.8) is 0 Å². The Morgan fingerprint density at radius 3 is 0.778 bits per heavy atom. The van der Waals surface area contributed by atoms with Gasteiger partial charge in [0.2, 0.25) is 0 Å². The molecule has 0 saturated heterocycles. The van der Waals surface area contributed by atoms with Gasteiger partial charge in [0.25, 0.3) is 0 Å². The van der Waals surface area contributed by atoms with Crippen LogP contribution >= 0.6 is 0 Å². The third-order valence-corrected chi connectivity index (χ3v) is 0. The number of hydrogen-bond donors (Lipinski definition) is 0. The first-order valence-corrected chi connectivity index (χ1v) is 2.00. The molecule has 0 aromatic heterocycles. The maximum absolute atomic E-state index is 3.38. The maximum atomic E-state index is 3.38. The largest absolute Gasteiger partial charge is 2.00 e. The van der Waals surface area contributed by atoms with Crippen LogP contribution < -0.4 is 0 Å². The van der Waals surface area contributed by atoms with Crippen molar-refractivity contribution < 1.29 is 74.8 Å². The van der Waals surface area contributed by atoms with E-state index in [0.717, 1.165) is 12.8 Å². The van der Waals surface area contributed by atoms with Gasteiger partial charge in [0, 0.05) is 53.8 Å². The van der Waals surface area contributed by atoms with Crippen LogP contribution in [-0.4, -0.2) is 0 Å². The van der Waals surface area contributed by atoms with Crippen LogP contribution in [0.2, 0.25) is 0 Å². The summed E-state index contributed by atoms with van der Waals surface area (Å²) in [7, 11) is 0. The minimum atomic E-state index is 0. The van der Waals surface area contributed by atoms with Crippen LogP contribution in [0.1, 0.15) is 12.8 Å². The van der Waals surface area contributed by atoms with Crippen molar-refractivity contribution in [1.29, 1.82) is 0 Å². The molecule has 0 bridgehead atoms. The summed E-state index contributed by atoms with van der Waals surface area (Å²) in [6, 6.07) is 0. The van der Waals surface area contributed by atoms with E-state index in [1.165, 1.54) is 0 Å². The third kappa shape index (κ3) is 123. The molecule has 0 rings (SSSR count). The van der Waals surface area contributed by atoms with Gasteiger partial charge in [-0.1, -0.05) is 0 Å². The zero-order chi connectivity index (χ0) is 5.41. The molecule has 0 aliphatic carbocycles. The Bertz CT molecular complexity index is 15.0. The Kier molecular flexibility index (Phi) is 157. The maximum Gasteiger partial charge on any atom is 2.00 e. The summed E-state index contributed by atoms with van der Waals surface area (Å²) in [5, 5.41) is 0. The van der Waals surface area contributed by atoms with E-state index < -0.39 is 0 Å². The summed E-state index contributed by atoms with van der Waals surface area (Å²) in [5.41, 5.74) is 0. The first kappa shape index (κ1) is 30.0. The molecule has 0 saturated carbocycles. The quantitative estimate of drug-likeness (QED) is 0.405. The van der Waals surface area contributed by atoms with E-state index in [1.54, 1.807) is 0 Å². The van der Waals surface area contributed by atoms with E-state index in [4.69, 9.17) is 0 Å². The smallest absolute Gasteiger partial charge is 0.372 e. The van der Waals surface area contributed by atoms with Crippen molar-refractivity contribution >= 4 is 0 Å². The molecular weight excluding hydrogens is 540 g/mol. The average molecular weight is 552 g/mol. The topological polar surface area (TPSA) is 0 Å². The van der Waals surface area contributed by atoms with E-state index in [9.17, 15) is 0 Å². The minimum Gasteiger partial charge on any atom is -0.372 e. The Hall–Kier alpha value is 2.48. The molecule has 57 valence electrons. The normalized spacial score (nSPS) is 4.00. The zero-order valence-electron chi connectivity index (χ0n) is 5.54. The van der Waals surface area contributed by atoms with Gasteiger partial charge in [-0.25, -0.2) is 0 Å². The van der Waals surface area contributed by atoms with Gasteiger partial charge in [-0.3, -0.25) is 0 Å².